The molecule has 1 amide bonds. The Morgan fingerprint density at radius 3 is 2.62 bits per heavy atom. The zero-order valence-electron chi connectivity index (χ0n) is 14.2. The molecule has 1 aliphatic rings. The molecule has 0 bridgehead atoms. The highest BCUT2D eigenvalue weighted by atomic mass is 35.5. The van der Waals surface area contributed by atoms with Gasteiger partial charge in [0, 0.05) is 17.8 Å². The lowest BCUT2D eigenvalue weighted by atomic mass is 10.0. The number of H-pyrrole nitrogens is 1. The van der Waals surface area contributed by atoms with Crippen LogP contribution in [0.5, 0.6) is 0 Å². The molecule has 0 saturated carbocycles. The fraction of sp³-hybridized carbons (Fsp3) is 0.368. The van der Waals surface area contributed by atoms with Gasteiger partial charge in [-0.15, -0.1) is 0 Å². The van der Waals surface area contributed by atoms with Crippen molar-refractivity contribution < 1.29 is 4.79 Å². The van der Waals surface area contributed by atoms with E-state index in [9.17, 15) is 9.59 Å². The van der Waals surface area contributed by atoms with Crippen molar-refractivity contribution >= 4 is 17.5 Å². The number of nitrogens with zero attached hydrogens (tertiary/aromatic N) is 1. The van der Waals surface area contributed by atoms with E-state index in [2.05, 4.69) is 4.98 Å². The molecule has 0 saturated heterocycles. The van der Waals surface area contributed by atoms with Crippen LogP contribution in [-0.4, -0.2) is 22.3 Å². The van der Waals surface area contributed by atoms with Crippen molar-refractivity contribution in [2.24, 2.45) is 0 Å². The van der Waals surface area contributed by atoms with E-state index in [4.69, 9.17) is 11.6 Å². The number of aromatic amines is 1. The summed E-state index contributed by atoms with van der Waals surface area (Å²) in [7, 11) is 0. The van der Waals surface area contributed by atoms with E-state index < -0.39 is 0 Å². The zero-order chi connectivity index (χ0) is 17.4. The van der Waals surface area contributed by atoms with Crippen LogP contribution in [0.4, 0.5) is 0 Å². The third kappa shape index (κ3) is 2.98. The van der Waals surface area contributed by atoms with Gasteiger partial charge in [-0.05, 0) is 56.4 Å². The van der Waals surface area contributed by atoms with Gasteiger partial charge in [0.25, 0.3) is 11.5 Å². The monoisotopic (exact) mass is 344 g/mol. The quantitative estimate of drug-likeness (QED) is 0.905. The lowest BCUT2D eigenvalue weighted by Crippen LogP contribution is -2.33. The fourth-order valence-electron chi connectivity index (χ4n) is 3.30. The first-order chi connectivity index (χ1) is 11.4. The van der Waals surface area contributed by atoms with Gasteiger partial charge in [-0.2, -0.15) is 0 Å². The Morgan fingerprint density at radius 1 is 1.17 bits per heavy atom. The molecule has 1 N–H and O–H groups in total. The molecule has 1 aromatic heterocycles. The zero-order valence-corrected chi connectivity index (χ0v) is 15.0. The van der Waals surface area contributed by atoms with Crippen LogP contribution in [0.3, 0.4) is 0 Å². The molecule has 0 radical (unpaired) electrons. The minimum atomic E-state index is -0.125. The van der Waals surface area contributed by atoms with Crippen LogP contribution in [0.1, 0.15) is 44.7 Å². The van der Waals surface area contributed by atoms with Crippen molar-refractivity contribution in [2.75, 3.05) is 6.54 Å². The molecule has 0 spiro atoms. The van der Waals surface area contributed by atoms with Crippen molar-refractivity contribution in [1.29, 1.82) is 0 Å². The number of hydrogen-bond acceptors (Lipinski definition) is 2. The van der Waals surface area contributed by atoms with Crippen LogP contribution in [0.15, 0.2) is 23.0 Å². The molecule has 0 fully saturated rings. The second-order valence-corrected chi connectivity index (χ2v) is 6.88. The molecule has 1 aliphatic heterocycles. The van der Waals surface area contributed by atoms with Crippen LogP contribution in [-0.2, 0) is 13.0 Å². The van der Waals surface area contributed by atoms with Crippen LogP contribution in [0, 0.1) is 20.8 Å². The highest BCUT2D eigenvalue weighted by Gasteiger charge is 2.26. The number of fused-ring (bicyclic) bond motifs is 1. The maximum atomic E-state index is 13.0. The fourth-order valence-corrected chi connectivity index (χ4v) is 3.56. The second kappa shape index (κ2) is 6.44. The maximum absolute atomic E-state index is 13.0. The number of nitrogens with one attached hydrogen (secondary N) is 1. The molecule has 2 aromatic rings. The molecule has 126 valence electrons. The van der Waals surface area contributed by atoms with Crippen molar-refractivity contribution in [3.63, 3.8) is 0 Å². The molecule has 0 unspecified atom stereocenters. The number of carbonyl (C=O) groups is 1. The third-order valence-corrected chi connectivity index (χ3v) is 5.13. The Morgan fingerprint density at radius 2 is 1.92 bits per heavy atom. The average molecular weight is 345 g/mol. The lowest BCUT2D eigenvalue weighted by molar-refractivity contribution is 0.0748. The Kier molecular flexibility index (Phi) is 4.50. The van der Waals surface area contributed by atoms with Gasteiger partial charge >= 0.3 is 0 Å². The Balaban J connectivity index is 2.00. The minimum absolute atomic E-state index is 0.0874. The van der Waals surface area contributed by atoms with Crippen LogP contribution >= 0.6 is 11.6 Å². The summed E-state index contributed by atoms with van der Waals surface area (Å²) in [4.78, 5) is 29.9. The highest BCUT2D eigenvalue weighted by molar-refractivity contribution is 6.34. The molecule has 0 aliphatic carbocycles. The second-order valence-electron chi connectivity index (χ2n) is 6.50. The van der Waals surface area contributed by atoms with Gasteiger partial charge in [-0.1, -0.05) is 23.7 Å². The molecule has 4 nitrogen and oxygen atoms in total. The van der Waals surface area contributed by atoms with Gasteiger partial charge in [-0.3, -0.25) is 9.59 Å². The molecular formula is C19H21ClN2O2. The predicted molar refractivity (Wildman–Crippen MR) is 95.8 cm³/mol. The van der Waals surface area contributed by atoms with Gasteiger partial charge in [-0.25, -0.2) is 0 Å². The molecule has 2 heterocycles. The molecule has 1 aromatic carbocycles. The number of rotatable bonds is 2. The molecular weight excluding hydrogens is 324 g/mol. The summed E-state index contributed by atoms with van der Waals surface area (Å²) >= 11 is 6.41. The summed E-state index contributed by atoms with van der Waals surface area (Å²) in [6, 6.07) is 5.88. The lowest BCUT2D eigenvalue weighted by Gasteiger charge is -2.22. The molecule has 0 atom stereocenters. The van der Waals surface area contributed by atoms with Crippen molar-refractivity contribution in [3.8, 4) is 0 Å². The first kappa shape index (κ1) is 16.8. The summed E-state index contributed by atoms with van der Waals surface area (Å²) in [6.07, 6.45) is 1.68. The minimum Gasteiger partial charge on any atom is -0.334 e. The summed E-state index contributed by atoms with van der Waals surface area (Å²) in [6.45, 7) is 6.60. The van der Waals surface area contributed by atoms with Crippen LogP contribution in [0.2, 0.25) is 5.02 Å². The van der Waals surface area contributed by atoms with Crippen molar-refractivity contribution in [1.82, 2.24) is 9.88 Å². The standard InChI is InChI=1S/C19H21ClN2O2/c1-11-6-7-14-5-4-8-22(19(24)16(14)17(11)20)10-15-12(2)9-13(3)21-18(15)23/h6-7,9H,4-5,8,10H2,1-3H3,(H,21,23). The Labute approximate surface area is 146 Å². The average Bonchev–Trinajstić information content (AvgIpc) is 2.66. The van der Waals surface area contributed by atoms with E-state index in [1.165, 1.54) is 0 Å². The van der Waals surface area contributed by atoms with Crippen molar-refractivity contribution in [3.05, 3.63) is 67.1 Å². The number of benzene rings is 1. The van der Waals surface area contributed by atoms with Gasteiger partial charge in [0.1, 0.15) is 0 Å². The van der Waals surface area contributed by atoms with Crippen LogP contribution < -0.4 is 5.56 Å². The molecule has 24 heavy (non-hydrogen) atoms. The topological polar surface area (TPSA) is 53.2 Å². The van der Waals surface area contributed by atoms with Crippen molar-refractivity contribution in [2.45, 2.75) is 40.2 Å². The first-order valence-corrected chi connectivity index (χ1v) is 8.53. The van der Waals surface area contributed by atoms with E-state index in [1.807, 2.05) is 39.0 Å². The van der Waals surface area contributed by atoms with E-state index in [0.29, 0.717) is 29.2 Å². The number of aryl methyl sites for hydroxylation is 4. The number of carbonyl (C=O) groups excluding carboxylic acids is 1. The van der Waals surface area contributed by atoms with E-state index in [0.717, 1.165) is 35.2 Å². The number of aromatic nitrogens is 1. The number of pyridine rings is 1. The van der Waals surface area contributed by atoms with E-state index in [-0.39, 0.29) is 11.5 Å². The first-order valence-electron chi connectivity index (χ1n) is 8.15. The van der Waals surface area contributed by atoms with Gasteiger partial charge < -0.3 is 9.88 Å². The van der Waals surface area contributed by atoms with Crippen LogP contribution in [0.25, 0.3) is 0 Å². The summed E-state index contributed by atoms with van der Waals surface area (Å²) in [5, 5.41) is 0.527. The molecule has 5 heteroatoms. The predicted octanol–water partition coefficient (Wildman–Crippen LogP) is 3.54. The normalized spacial score (nSPS) is 14.5. The number of hydrogen-bond donors (Lipinski definition) is 1. The summed E-state index contributed by atoms with van der Waals surface area (Å²) < 4.78 is 0. The highest BCUT2D eigenvalue weighted by Crippen LogP contribution is 2.29. The number of halogens is 1. The van der Waals surface area contributed by atoms with Gasteiger partial charge in [0.05, 0.1) is 17.1 Å². The summed E-state index contributed by atoms with van der Waals surface area (Å²) in [5.41, 5.74) is 4.73. The summed E-state index contributed by atoms with van der Waals surface area (Å²) in [5.74, 6) is -0.0874. The third-order valence-electron chi connectivity index (χ3n) is 4.64. The van der Waals surface area contributed by atoms with E-state index >= 15 is 0 Å². The largest absolute Gasteiger partial charge is 0.334 e. The molecule has 3 rings (SSSR count). The smallest absolute Gasteiger partial charge is 0.255 e. The Hall–Kier alpha value is -2.07. The SMILES string of the molecule is Cc1cc(C)c(CN2CCCc3ccc(C)c(Cl)c3C2=O)c(=O)[nH]1. The maximum Gasteiger partial charge on any atom is 0.255 e. The van der Waals surface area contributed by atoms with Gasteiger partial charge in [0.2, 0.25) is 0 Å². The van der Waals surface area contributed by atoms with Gasteiger partial charge in [0.15, 0.2) is 0 Å². The Bertz CT molecular complexity index is 870. The van der Waals surface area contributed by atoms with E-state index in [1.54, 1.807) is 4.90 Å². The number of amides is 1.